The van der Waals surface area contributed by atoms with Gasteiger partial charge in [-0.3, -0.25) is 4.79 Å². The third kappa shape index (κ3) is 3.70. The first-order valence-electron chi connectivity index (χ1n) is 7.45. The fourth-order valence-electron chi connectivity index (χ4n) is 2.34. The van der Waals surface area contributed by atoms with E-state index in [0.29, 0.717) is 11.3 Å². The molecule has 8 heteroatoms. The number of rotatable bonds is 5. The van der Waals surface area contributed by atoms with E-state index in [2.05, 4.69) is 20.7 Å². The van der Waals surface area contributed by atoms with Crippen LogP contribution in [-0.4, -0.2) is 21.3 Å². The molecule has 0 radical (unpaired) electrons. The predicted molar refractivity (Wildman–Crippen MR) is 96.8 cm³/mol. The van der Waals surface area contributed by atoms with Crippen LogP contribution in [0.2, 0.25) is 0 Å². The molecule has 0 spiro atoms. The van der Waals surface area contributed by atoms with Gasteiger partial charge in [0.05, 0.1) is 6.42 Å². The zero-order chi connectivity index (χ0) is 17.1. The fourth-order valence-corrected chi connectivity index (χ4v) is 3.79. The molecule has 4 rings (SSSR count). The van der Waals surface area contributed by atoms with E-state index in [1.165, 1.54) is 23.1 Å². The van der Waals surface area contributed by atoms with E-state index in [4.69, 9.17) is 4.52 Å². The number of nitrogens with one attached hydrogen (secondary N) is 1. The van der Waals surface area contributed by atoms with Gasteiger partial charge in [0, 0.05) is 16.0 Å². The number of para-hydroxylation sites is 1. The smallest absolute Gasteiger partial charge is 0.230 e. The van der Waals surface area contributed by atoms with E-state index < -0.39 is 0 Å². The number of aromatic nitrogens is 3. The molecule has 6 nitrogen and oxygen atoms in total. The lowest BCUT2D eigenvalue weighted by molar-refractivity contribution is -0.115. The van der Waals surface area contributed by atoms with E-state index in [1.54, 1.807) is 5.51 Å². The topological polar surface area (TPSA) is 80.9 Å². The van der Waals surface area contributed by atoms with Gasteiger partial charge in [-0.2, -0.15) is 0 Å². The molecular weight excluding hydrogens is 356 g/mol. The van der Waals surface area contributed by atoms with E-state index in [9.17, 15) is 4.79 Å². The molecule has 0 saturated carbocycles. The Morgan fingerprint density at radius 2 is 2.00 bits per heavy atom. The third-order valence-electron chi connectivity index (χ3n) is 3.46. The molecule has 0 bridgehead atoms. The van der Waals surface area contributed by atoms with Crippen LogP contribution in [0.25, 0.3) is 11.0 Å². The minimum atomic E-state index is -0.136. The molecule has 0 atom stereocenters. The number of fused-ring (bicyclic) bond motifs is 1. The number of hydrogen-bond donors (Lipinski definition) is 1. The zero-order valence-corrected chi connectivity index (χ0v) is 14.5. The monoisotopic (exact) mass is 368 g/mol. The predicted octanol–water partition coefficient (Wildman–Crippen LogP) is 4.01. The van der Waals surface area contributed by atoms with Crippen molar-refractivity contribution in [3.8, 4) is 0 Å². The van der Waals surface area contributed by atoms with Crippen molar-refractivity contribution in [2.45, 2.75) is 15.7 Å². The Hall–Kier alpha value is -2.71. The highest BCUT2D eigenvalue weighted by Gasteiger charge is 2.12. The van der Waals surface area contributed by atoms with Crippen LogP contribution < -0.4 is 5.32 Å². The van der Waals surface area contributed by atoms with Crippen LogP contribution in [0.4, 0.5) is 5.69 Å². The number of anilines is 1. The van der Waals surface area contributed by atoms with Crippen molar-refractivity contribution < 1.29 is 9.32 Å². The zero-order valence-electron chi connectivity index (χ0n) is 12.9. The highest BCUT2D eigenvalue weighted by atomic mass is 32.2. The largest absolute Gasteiger partial charge is 0.356 e. The molecule has 0 aliphatic rings. The van der Waals surface area contributed by atoms with Gasteiger partial charge < -0.3 is 9.84 Å². The van der Waals surface area contributed by atoms with Crippen molar-refractivity contribution >= 4 is 45.7 Å². The highest BCUT2D eigenvalue weighted by molar-refractivity contribution is 8.01. The van der Waals surface area contributed by atoms with Crippen molar-refractivity contribution in [2.75, 3.05) is 5.32 Å². The van der Waals surface area contributed by atoms with Gasteiger partial charge in [0.1, 0.15) is 11.2 Å². The molecule has 0 fully saturated rings. The molecule has 124 valence electrons. The Bertz CT molecular complexity index is 997. The molecule has 0 saturated heterocycles. The lowest BCUT2D eigenvalue weighted by atomic mass is 10.1. The van der Waals surface area contributed by atoms with Crippen LogP contribution in [0.15, 0.2) is 67.8 Å². The normalized spacial score (nSPS) is 10.9. The first kappa shape index (κ1) is 15.8. The Balaban J connectivity index is 1.40. The van der Waals surface area contributed by atoms with Gasteiger partial charge in [-0.25, -0.2) is 0 Å². The van der Waals surface area contributed by atoms with E-state index in [-0.39, 0.29) is 12.3 Å². The summed E-state index contributed by atoms with van der Waals surface area (Å²) in [5.41, 5.74) is 3.75. The second kappa shape index (κ2) is 7.04. The molecule has 2 aromatic carbocycles. The molecule has 1 amide bonds. The highest BCUT2D eigenvalue weighted by Crippen LogP contribution is 2.29. The van der Waals surface area contributed by atoms with Gasteiger partial charge >= 0.3 is 0 Å². The molecule has 1 N–H and O–H groups in total. The minimum absolute atomic E-state index is 0.136. The number of hydrogen-bond acceptors (Lipinski definition) is 7. The summed E-state index contributed by atoms with van der Waals surface area (Å²) in [4.78, 5) is 13.3. The maximum absolute atomic E-state index is 12.3. The lowest BCUT2D eigenvalue weighted by Crippen LogP contribution is -2.14. The standard InChI is InChI=1S/C17H12N4O2S2/c22-16(9-14-13-3-1-2-4-15(13)23-21-14)19-11-5-7-12(8-6-11)25-17-20-18-10-24-17/h1-8,10H,9H2,(H,19,22). The van der Waals surface area contributed by atoms with Gasteiger partial charge in [-0.05, 0) is 36.4 Å². The number of nitrogens with zero attached hydrogens (tertiary/aromatic N) is 3. The van der Waals surface area contributed by atoms with Crippen LogP contribution in [0.5, 0.6) is 0 Å². The summed E-state index contributed by atoms with van der Waals surface area (Å²) in [5.74, 6) is -0.136. The molecule has 25 heavy (non-hydrogen) atoms. The van der Waals surface area contributed by atoms with E-state index >= 15 is 0 Å². The summed E-state index contributed by atoms with van der Waals surface area (Å²) in [6.45, 7) is 0. The number of carbonyl (C=O) groups excluding carboxylic acids is 1. The number of amides is 1. The van der Waals surface area contributed by atoms with Crippen LogP contribution in [-0.2, 0) is 11.2 Å². The first-order chi connectivity index (χ1) is 12.3. The first-order valence-corrected chi connectivity index (χ1v) is 9.15. The molecule has 4 aromatic rings. The second-order valence-corrected chi connectivity index (χ2v) is 7.34. The van der Waals surface area contributed by atoms with E-state index in [0.717, 1.165) is 20.3 Å². The maximum atomic E-state index is 12.3. The van der Waals surface area contributed by atoms with Gasteiger partial charge in [0.2, 0.25) is 5.91 Å². The van der Waals surface area contributed by atoms with Crippen LogP contribution in [0, 0.1) is 0 Å². The summed E-state index contributed by atoms with van der Waals surface area (Å²) < 4.78 is 6.11. The summed E-state index contributed by atoms with van der Waals surface area (Å²) in [6.07, 6.45) is 0.165. The molecule has 0 aliphatic heterocycles. The molecule has 2 aromatic heterocycles. The van der Waals surface area contributed by atoms with Crippen molar-refractivity contribution in [1.29, 1.82) is 0 Å². The number of benzene rings is 2. The summed E-state index contributed by atoms with van der Waals surface area (Å²) in [6, 6.07) is 15.1. The summed E-state index contributed by atoms with van der Waals surface area (Å²) in [7, 11) is 0. The van der Waals surface area contributed by atoms with Crippen LogP contribution in [0.3, 0.4) is 0 Å². The van der Waals surface area contributed by atoms with Crippen molar-refractivity contribution in [1.82, 2.24) is 15.4 Å². The van der Waals surface area contributed by atoms with Crippen molar-refractivity contribution in [3.05, 3.63) is 59.7 Å². The summed E-state index contributed by atoms with van der Waals surface area (Å²) in [5, 5.41) is 15.5. The average molecular weight is 368 g/mol. The average Bonchev–Trinajstić information content (AvgIpc) is 3.27. The third-order valence-corrected chi connectivity index (χ3v) is 5.25. The Morgan fingerprint density at radius 1 is 1.16 bits per heavy atom. The quantitative estimate of drug-likeness (QED) is 0.573. The molecule has 2 heterocycles. The molecule has 0 aliphatic carbocycles. The second-order valence-electron chi connectivity index (χ2n) is 5.18. The fraction of sp³-hybridized carbons (Fsp3) is 0.0588. The Morgan fingerprint density at radius 3 is 2.80 bits per heavy atom. The number of carbonyl (C=O) groups is 1. The molecule has 0 unspecified atom stereocenters. The minimum Gasteiger partial charge on any atom is -0.356 e. The van der Waals surface area contributed by atoms with Crippen molar-refractivity contribution in [2.24, 2.45) is 0 Å². The van der Waals surface area contributed by atoms with Gasteiger partial charge in [0.25, 0.3) is 0 Å². The van der Waals surface area contributed by atoms with E-state index in [1.807, 2.05) is 48.5 Å². The van der Waals surface area contributed by atoms with Gasteiger partial charge in [-0.15, -0.1) is 10.2 Å². The SMILES string of the molecule is O=C(Cc1noc2ccccc12)Nc1ccc(Sc2nncs2)cc1. The lowest BCUT2D eigenvalue weighted by Gasteiger charge is -2.05. The van der Waals surface area contributed by atoms with Crippen LogP contribution >= 0.6 is 23.1 Å². The van der Waals surface area contributed by atoms with Gasteiger partial charge in [0.15, 0.2) is 9.92 Å². The Labute approximate surface area is 151 Å². The molecular formula is C17H12N4O2S2. The maximum Gasteiger partial charge on any atom is 0.230 e. The summed E-state index contributed by atoms with van der Waals surface area (Å²) >= 11 is 3.03. The van der Waals surface area contributed by atoms with Gasteiger partial charge in [-0.1, -0.05) is 40.4 Å². The van der Waals surface area contributed by atoms with Crippen molar-refractivity contribution in [3.63, 3.8) is 0 Å². The Kier molecular flexibility index (Phi) is 4.45. The van der Waals surface area contributed by atoms with Crippen LogP contribution in [0.1, 0.15) is 5.69 Å².